The smallest absolute Gasteiger partial charge is 0.226 e. The van der Waals surface area contributed by atoms with Crippen molar-refractivity contribution in [3.63, 3.8) is 0 Å². The largest absolute Gasteiger partial charge is 0.441 e. The van der Waals surface area contributed by atoms with Gasteiger partial charge in [-0.05, 0) is 40.3 Å². The van der Waals surface area contributed by atoms with E-state index in [-0.39, 0.29) is 0 Å². The topological polar surface area (TPSA) is 69.6 Å². The Bertz CT molecular complexity index is 927. The number of nitrogens with zero attached hydrogens (tertiary/aromatic N) is 5. The van der Waals surface area contributed by atoms with Gasteiger partial charge in [-0.1, -0.05) is 30.3 Å². The zero-order chi connectivity index (χ0) is 14.9. The Labute approximate surface area is 126 Å². The summed E-state index contributed by atoms with van der Waals surface area (Å²) in [5, 5.41) is 13.5. The molecule has 0 aliphatic heterocycles. The van der Waals surface area contributed by atoms with Crippen LogP contribution in [0.5, 0.6) is 0 Å². The predicted molar refractivity (Wildman–Crippen MR) is 81.1 cm³/mol. The van der Waals surface area contributed by atoms with Gasteiger partial charge in [0.2, 0.25) is 5.89 Å². The molecule has 4 rings (SSSR count). The van der Waals surface area contributed by atoms with Gasteiger partial charge in [0.25, 0.3) is 0 Å². The fourth-order valence-corrected chi connectivity index (χ4v) is 2.43. The maximum atomic E-state index is 5.81. The van der Waals surface area contributed by atoms with Crippen molar-refractivity contribution < 1.29 is 4.42 Å². The van der Waals surface area contributed by atoms with E-state index in [0.29, 0.717) is 12.4 Å². The molecule has 2 aromatic heterocycles. The summed E-state index contributed by atoms with van der Waals surface area (Å²) in [4.78, 5) is 4.58. The Morgan fingerprint density at radius 2 is 1.95 bits per heavy atom. The third kappa shape index (κ3) is 2.24. The van der Waals surface area contributed by atoms with Crippen molar-refractivity contribution in [3.8, 4) is 11.5 Å². The van der Waals surface area contributed by atoms with E-state index in [1.54, 1.807) is 11.0 Å². The molecule has 2 aromatic carbocycles. The van der Waals surface area contributed by atoms with Gasteiger partial charge in [-0.3, -0.25) is 0 Å². The van der Waals surface area contributed by atoms with Crippen LogP contribution in [0.25, 0.3) is 22.2 Å². The highest BCUT2D eigenvalue weighted by Crippen LogP contribution is 2.25. The minimum absolute atomic E-state index is 0.496. The number of rotatable bonds is 3. The zero-order valence-electron chi connectivity index (χ0n) is 12.0. The van der Waals surface area contributed by atoms with E-state index in [1.165, 1.54) is 5.39 Å². The Morgan fingerprint density at radius 1 is 1.09 bits per heavy atom. The fraction of sp³-hybridized carbons (Fsp3) is 0.125. The van der Waals surface area contributed by atoms with Crippen LogP contribution in [0.1, 0.15) is 11.5 Å². The van der Waals surface area contributed by atoms with E-state index in [4.69, 9.17) is 4.42 Å². The lowest BCUT2D eigenvalue weighted by Crippen LogP contribution is -2.02. The van der Waals surface area contributed by atoms with E-state index in [2.05, 4.69) is 44.8 Å². The standard InChI is InChI=1S/C16H13N5O/c1-11-15(9-21-10-17-19-20-21)18-16(22-11)14-7-6-12-4-2-3-5-13(12)8-14/h2-8,10H,9H2,1H3. The number of fused-ring (bicyclic) bond motifs is 1. The number of aromatic nitrogens is 5. The van der Waals surface area contributed by atoms with Gasteiger partial charge in [-0.15, -0.1) is 5.10 Å². The second-order valence-electron chi connectivity index (χ2n) is 5.09. The molecule has 0 saturated heterocycles. The van der Waals surface area contributed by atoms with Crippen molar-refractivity contribution in [1.29, 1.82) is 0 Å². The van der Waals surface area contributed by atoms with Gasteiger partial charge in [-0.2, -0.15) is 0 Å². The molecular formula is C16H13N5O. The van der Waals surface area contributed by atoms with Crippen LogP contribution < -0.4 is 0 Å². The molecule has 6 nitrogen and oxygen atoms in total. The molecular weight excluding hydrogens is 278 g/mol. The summed E-state index contributed by atoms with van der Waals surface area (Å²) < 4.78 is 7.43. The molecule has 0 bridgehead atoms. The predicted octanol–water partition coefficient (Wildman–Crippen LogP) is 2.84. The SMILES string of the molecule is Cc1oc(-c2ccc3ccccc3c2)nc1Cn1cnnn1. The lowest BCUT2D eigenvalue weighted by Gasteiger charge is -1.99. The first-order valence-corrected chi connectivity index (χ1v) is 6.96. The van der Waals surface area contributed by atoms with E-state index in [9.17, 15) is 0 Å². The fourth-order valence-electron chi connectivity index (χ4n) is 2.43. The molecule has 0 amide bonds. The lowest BCUT2D eigenvalue weighted by atomic mass is 10.1. The molecule has 0 radical (unpaired) electrons. The van der Waals surface area contributed by atoms with Crippen LogP contribution in [-0.2, 0) is 6.54 Å². The summed E-state index contributed by atoms with van der Waals surface area (Å²) in [6, 6.07) is 14.4. The van der Waals surface area contributed by atoms with Crippen molar-refractivity contribution >= 4 is 10.8 Å². The molecule has 0 unspecified atom stereocenters. The van der Waals surface area contributed by atoms with Crippen molar-refractivity contribution in [3.05, 3.63) is 60.2 Å². The van der Waals surface area contributed by atoms with Gasteiger partial charge in [0.15, 0.2) is 0 Å². The zero-order valence-corrected chi connectivity index (χ0v) is 12.0. The summed E-state index contributed by atoms with van der Waals surface area (Å²) >= 11 is 0. The van der Waals surface area contributed by atoms with Crippen LogP contribution in [0.15, 0.2) is 53.2 Å². The first-order valence-electron chi connectivity index (χ1n) is 6.96. The molecule has 2 heterocycles. The summed E-state index contributed by atoms with van der Waals surface area (Å²) in [6.07, 6.45) is 1.56. The van der Waals surface area contributed by atoms with E-state index < -0.39 is 0 Å². The van der Waals surface area contributed by atoms with Crippen LogP contribution >= 0.6 is 0 Å². The first kappa shape index (κ1) is 12.7. The molecule has 108 valence electrons. The highest BCUT2D eigenvalue weighted by Gasteiger charge is 2.12. The van der Waals surface area contributed by atoms with Crippen LogP contribution in [0.4, 0.5) is 0 Å². The normalized spacial score (nSPS) is 11.1. The summed E-state index contributed by atoms with van der Waals surface area (Å²) in [5.74, 6) is 1.39. The molecule has 6 heteroatoms. The average Bonchev–Trinajstić information content (AvgIpc) is 3.18. The van der Waals surface area contributed by atoms with Crippen molar-refractivity contribution in [2.45, 2.75) is 13.5 Å². The summed E-state index contributed by atoms with van der Waals surface area (Å²) in [7, 11) is 0. The van der Waals surface area contributed by atoms with Gasteiger partial charge >= 0.3 is 0 Å². The second-order valence-corrected chi connectivity index (χ2v) is 5.09. The van der Waals surface area contributed by atoms with Crippen LogP contribution in [-0.4, -0.2) is 25.2 Å². The third-order valence-corrected chi connectivity index (χ3v) is 3.59. The lowest BCUT2D eigenvalue weighted by molar-refractivity contribution is 0.535. The number of oxazole rings is 1. The molecule has 0 N–H and O–H groups in total. The third-order valence-electron chi connectivity index (χ3n) is 3.59. The maximum absolute atomic E-state index is 5.81. The van der Waals surface area contributed by atoms with Crippen molar-refractivity contribution in [1.82, 2.24) is 25.2 Å². The maximum Gasteiger partial charge on any atom is 0.226 e. The van der Waals surface area contributed by atoms with Gasteiger partial charge in [-0.25, -0.2) is 9.67 Å². The number of hydrogen-bond donors (Lipinski definition) is 0. The Balaban J connectivity index is 1.72. The number of aryl methyl sites for hydroxylation is 1. The van der Waals surface area contributed by atoms with E-state index in [0.717, 1.165) is 22.4 Å². The van der Waals surface area contributed by atoms with Gasteiger partial charge in [0.05, 0.1) is 6.54 Å². The van der Waals surface area contributed by atoms with Crippen LogP contribution in [0.3, 0.4) is 0 Å². The van der Waals surface area contributed by atoms with Crippen LogP contribution in [0.2, 0.25) is 0 Å². The van der Waals surface area contributed by atoms with E-state index in [1.807, 2.05) is 25.1 Å². The highest BCUT2D eigenvalue weighted by atomic mass is 16.4. The molecule has 0 spiro atoms. The Kier molecular flexibility index (Phi) is 2.93. The molecule has 0 saturated carbocycles. The monoisotopic (exact) mass is 291 g/mol. The van der Waals surface area contributed by atoms with Crippen molar-refractivity contribution in [2.75, 3.05) is 0 Å². The second kappa shape index (κ2) is 5.07. The molecule has 0 aliphatic rings. The Morgan fingerprint density at radius 3 is 2.77 bits per heavy atom. The van der Waals surface area contributed by atoms with Crippen LogP contribution in [0, 0.1) is 6.92 Å². The number of tetrazole rings is 1. The number of hydrogen-bond acceptors (Lipinski definition) is 5. The van der Waals surface area contributed by atoms with Gasteiger partial charge in [0, 0.05) is 5.56 Å². The van der Waals surface area contributed by atoms with Gasteiger partial charge < -0.3 is 4.42 Å². The molecule has 0 fully saturated rings. The molecule has 0 atom stereocenters. The number of benzene rings is 2. The summed E-state index contributed by atoms with van der Waals surface area (Å²) in [6.45, 7) is 2.40. The molecule has 4 aromatic rings. The van der Waals surface area contributed by atoms with Gasteiger partial charge in [0.1, 0.15) is 17.8 Å². The summed E-state index contributed by atoms with van der Waals surface area (Å²) in [5.41, 5.74) is 1.79. The molecule has 22 heavy (non-hydrogen) atoms. The Hall–Kier alpha value is -3.02. The molecule has 0 aliphatic carbocycles. The van der Waals surface area contributed by atoms with E-state index >= 15 is 0 Å². The average molecular weight is 291 g/mol. The minimum Gasteiger partial charge on any atom is -0.441 e. The quantitative estimate of drug-likeness (QED) is 0.580. The highest BCUT2D eigenvalue weighted by molar-refractivity contribution is 5.86. The first-order chi connectivity index (χ1) is 10.8. The van der Waals surface area contributed by atoms with Crippen molar-refractivity contribution in [2.24, 2.45) is 0 Å². The minimum atomic E-state index is 0.496.